The number of aromatic nitrogens is 5. The number of carbonyl (C=O) groups excluding carboxylic acids is 1. The molecule has 0 saturated heterocycles. The molecule has 0 spiro atoms. The van der Waals surface area contributed by atoms with Gasteiger partial charge in [-0.1, -0.05) is 30.3 Å². The van der Waals surface area contributed by atoms with E-state index in [-0.39, 0.29) is 6.03 Å². The minimum Gasteiger partial charge on any atom is -0.334 e. The smallest absolute Gasteiger partial charge is 0.319 e. The maximum atomic E-state index is 12.0. The SMILES string of the molecule is O=C(NCc1cn[nH]c1)Nc1ccc2nc(-c3ccccc3)nn2c1. The van der Waals surface area contributed by atoms with Crippen molar-refractivity contribution >= 4 is 17.4 Å². The average Bonchev–Trinajstić information content (AvgIpc) is 3.30. The van der Waals surface area contributed by atoms with Gasteiger partial charge in [0.25, 0.3) is 0 Å². The van der Waals surface area contributed by atoms with Crippen molar-refractivity contribution in [2.45, 2.75) is 6.54 Å². The number of rotatable bonds is 4. The second-order valence-corrected chi connectivity index (χ2v) is 5.44. The van der Waals surface area contributed by atoms with E-state index in [4.69, 9.17) is 0 Å². The molecule has 0 aliphatic carbocycles. The monoisotopic (exact) mass is 333 g/mol. The summed E-state index contributed by atoms with van der Waals surface area (Å²) in [6, 6.07) is 13.0. The molecule has 8 heteroatoms. The van der Waals surface area contributed by atoms with Gasteiger partial charge in [-0.3, -0.25) is 5.10 Å². The van der Waals surface area contributed by atoms with Crippen LogP contribution in [0.4, 0.5) is 10.5 Å². The van der Waals surface area contributed by atoms with Crippen LogP contribution >= 0.6 is 0 Å². The molecule has 0 aliphatic heterocycles. The third-order valence-electron chi connectivity index (χ3n) is 3.63. The highest BCUT2D eigenvalue weighted by Crippen LogP contribution is 2.17. The molecule has 0 atom stereocenters. The van der Waals surface area contributed by atoms with Gasteiger partial charge in [0.05, 0.1) is 18.1 Å². The Labute approximate surface area is 142 Å². The molecule has 3 N–H and O–H groups in total. The zero-order valence-corrected chi connectivity index (χ0v) is 13.2. The van der Waals surface area contributed by atoms with Crippen LogP contribution in [0.15, 0.2) is 61.1 Å². The van der Waals surface area contributed by atoms with Gasteiger partial charge < -0.3 is 10.6 Å². The van der Waals surface area contributed by atoms with Crippen LogP contribution in [0.25, 0.3) is 17.0 Å². The molecule has 0 fully saturated rings. The van der Waals surface area contributed by atoms with Gasteiger partial charge in [0.15, 0.2) is 11.5 Å². The number of benzene rings is 1. The molecular weight excluding hydrogens is 318 g/mol. The number of urea groups is 1. The number of fused-ring (bicyclic) bond motifs is 1. The highest BCUT2D eigenvalue weighted by atomic mass is 16.2. The van der Waals surface area contributed by atoms with Gasteiger partial charge in [-0.05, 0) is 12.1 Å². The molecule has 0 unspecified atom stereocenters. The van der Waals surface area contributed by atoms with Crippen molar-refractivity contribution in [2.24, 2.45) is 0 Å². The van der Waals surface area contributed by atoms with Crippen molar-refractivity contribution in [2.75, 3.05) is 5.32 Å². The number of nitrogens with one attached hydrogen (secondary N) is 3. The molecule has 3 aromatic heterocycles. The fourth-order valence-corrected chi connectivity index (χ4v) is 2.40. The van der Waals surface area contributed by atoms with Gasteiger partial charge in [0, 0.05) is 23.9 Å². The molecule has 0 bridgehead atoms. The zero-order valence-electron chi connectivity index (χ0n) is 13.2. The summed E-state index contributed by atoms with van der Waals surface area (Å²) in [4.78, 5) is 16.5. The first kappa shape index (κ1) is 14.9. The fourth-order valence-electron chi connectivity index (χ4n) is 2.40. The van der Waals surface area contributed by atoms with E-state index < -0.39 is 0 Å². The molecule has 3 heterocycles. The van der Waals surface area contributed by atoms with E-state index in [1.54, 1.807) is 29.2 Å². The summed E-state index contributed by atoms with van der Waals surface area (Å²) in [6.45, 7) is 0.395. The highest BCUT2D eigenvalue weighted by molar-refractivity contribution is 5.89. The second kappa shape index (κ2) is 6.44. The van der Waals surface area contributed by atoms with E-state index in [0.29, 0.717) is 23.7 Å². The first-order valence-electron chi connectivity index (χ1n) is 7.72. The first-order valence-corrected chi connectivity index (χ1v) is 7.72. The van der Waals surface area contributed by atoms with Gasteiger partial charge in [-0.25, -0.2) is 14.3 Å². The van der Waals surface area contributed by atoms with E-state index >= 15 is 0 Å². The summed E-state index contributed by atoms with van der Waals surface area (Å²) in [5, 5.41) is 16.5. The Bertz CT molecular complexity index is 992. The van der Waals surface area contributed by atoms with Crippen molar-refractivity contribution in [3.05, 3.63) is 66.6 Å². The summed E-state index contributed by atoms with van der Waals surface area (Å²) in [7, 11) is 0. The lowest BCUT2D eigenvalue weighted by atomic mass is 10.2. The lowest BCUT2D eigenvalue weighted by Gasteiger charge is -2.06. The Kier molecular flexibility index (Phi) is 3.83. The Morgan fingerprint density at radius 2 is 2.04 bits per heavy atom. The zero-order chi connectivity index (χ0) is 17.1. The summed E-state index contributed by atoms with van der Waals surface area (Å²) in [5.41, 5.74) is 3.18. The summed E-state index contributed by atoms with van der Waals surface area (Å²) in [6.07, 6.45) is 5.12. The molecule has 4 aromatic rings. The molecule has 8 nitrogen and oxygen atoms in total. The second-order valence-electron chi connectivity index (χ2n) is 5.44. The number of pyridine rings is 1. The van der Waals surface area contributed by atoms with Gasteiger partial charge in [0.1, 0.15) is 0 Å². The number of anilines is 1. The predicted octanol–water partition coefficient (Wildman–Crippen LogP) is 2.44. The topological polar surface area (TPSA) is 100 Å². The van der Waals surface area contributed by atoms with Crippen LogP contribution in [0, 0.1) is 0 Å². The van der Waals surface area contributed by atoms with Crippen LogP contribution in [0.5, 0.6) is 0 Å². The van der Waals surface area contributed by atoms with Gasteiger partial charge >= 0.3 is 6.03 Å². The van der Waals surface area contributed by atoms with E-state index in [1.807, 2.05) is 36.4 Å². The van der Waals surface area contributed by atoms with Gasteiger partial charge in [-0.15, -0.1) is 5.10 Å². The van der Waals surface area contributed by atoms with Crippen LogP contribution in [0.2, 0.25) is 0 Å². The minimum absolute atomic E-state index is 0.302. The van der Waals surface area contributed by atoms with Crippen molar-refractivity contribution in [1.29, 1.82) is 0 Å². The van der Waals surface area contributed by atoms with Crippen LogP contribution < -0.4 is 10.6 Å². The number of nitrogens with zero attached hydrogens (tertiary/aromatic N) is 4. The number of hydrogen-bond acceptors (Lipinski definition) is 4. The standard InChI is InChI=1S/C17H15N7O/c25-17(18-8-12-9-19-20-10-12)21-14-6-7-15-22-16(23-24(15)11-14)13-4-2-1-3-5-13/h1-7,9-11H,8H2,(H,19,20)(H2,18,21,25). The molecule has 124 valence electrons. The first-order chi connectivity index (χ1) is 12.3. The van der Waals surface area contributed by atoms with E-state index in [9.17, 15) is 4.79 Å². The number of hydrogen-bond donors (Lipinski definition) is 3. The van der Waals surface area contributed by atoms with E-state index in [0.717, 1.165) is 11.1 Å². The molecule has 25 heavy (non-hydrogen) atoms. The molecule has 4 rings (SSSR count). The highest BCUT2D eigenvalue weighted by Gasteiger charge is 2.08. The summed E-state index contributed by atoms with van der Waals surface area (Å²) < 4.78 is 1.65. The lowest BCUT2D eigenvalue weighted by molar-refractivity contribution is 0.251. The Balaban J connectivity index is 1.48. The molecule has 1 aromatic carbocycles. The molecule has 0 aliphatic rings. The minimum atomic E-state index is -0.302. The van der Waals surface area contributed by atoms with Crippen LogP contribution in [0.1, 0.15) is 5.56 Å². The largest absolute Gasteiger partial charge is 0.334 e. The Morgan fingerprint density at radius 3 is 2.84 bits per heavy atom. The van der Waals surface area contributed by atoms with Crippen molar-refractivity contribution in [1.82, 2.24) is 30.1 Å². The molecular formula is C17H15N7O. The maximum Gasteiger partial charge on any atom is 0.319 e. The van der Waals surface area contributed by atoms with Crippen molar-refractivity contribution in [3.63, 3.8) is 0 Å². The number of carbonyl (C=O) groups is 1. The fraction of sp³-hybridized carbons (Fsp3) is 0.0588. The maximum absolute atomic E-state index is 12.0. The van der Waals surface area contributed by atoms with Crippen LogP contribution in [-0.2, 0) is 6.54 Å². The number of aromatic amines is 1. The predicted molar refractivity (Wildman–Crippen MR) is 92.9 cm³/mol. The molecule has 0 saturated carbocycles. The third-order valence-corrected chi connectivity index (χ3v) is 3.63. The van der Waals surface area contributed by atoms with Crippen LogP contribution in [-0.4, -0.2) is 30.8 Å². The molecule has 0 radical (unpaired) electrons. The lowest BCUT2D eigenvalue weighted by Crippen LogP contribution is -2.28. The number of H-pyrrole nitrogens is 1. The average molecular weight is 333 g/mol. The van der Waals surface area contributed by atoms with Gasteiger partial charge in [0.2, 0.25) is 0 Å². The summed E-state index contributed by atoms with van der Waals surface area (Å²) in [5.74, 6) is 0.641. The van der Waals surface area contributed by atoms with E-state index in [1.165, 1.54) is 0 Å². The normalized spacial score (nSPS) is 10.7. The Hall–Kier alpha value is -3.68. The van der Waals surface area contributed by atoms with Crippen LogP contribution in [0.3, 0.4) is 0 Å². The third kappa shape index (κ3) is 3.32. The van der Waals surface area contributed by atoms with E-state index in [2.05, 4.69) is 30.9 Å². The quantitative estimate of drug-likeness (QED) is 0.534. The van der Waals surface area contributed by atoms with Crippen molar-refractivity contribution in [3.8, 4) is 11.4 Å². The molecule has 2 amide bonds. The summed E-state index contributed by atoms with van der Waals surface area (Å²) >= 11 is 0. The van der Waals surface area contributed by atoms with Crippen molar-refractivity contribution < 1.29 is 4.79 Å². The van der Waals surface area contributed by atoms with Gasteiger partial charge in [-0.2, -0.15) is 5.10 Å². The Morgan fingerprint density at radius 1 is 1.16 bits per heavy atom. The number of amides is 2.